The van der Waals surface area contributed by atoms with E-state index >= 15 is 0 Å². The fourth-order valence-corrected chi connectivity index (χ4v) is 3.17. The maximum Gasteiger partial charge on any atom is 0.321 e. The van der Waals surface area contributed by atoms with Gasteiger partial charge in [0.2, 0.25) is 0 Å². The predicted octanol–water partition coefficient (Wildman–Crippen LogP) is 2.40. The zero-order chi connectivity index (χ0) is 18.1. The Bertz CT molecular complexity index is 711. The number of ether oxygens (including phenoxy) is 1. The number of para-hydroxylation sites is 1. The predicted molar refractivity (Wildman–Crippen MR) is 95.3 cm³/mol. The lowest BCUT2D eigenvalue weighted by atomic mass is 10.2. The molecule has 0 fully saturated rings. The van der Waals surface area contributed by atoms with Gasteiger partial charge in [-0.25, -0.2) is 9.78 Å². The summed E-state index contributed by atoms with van der Waals surface area (Å²) in [5.74, 6) is -1.09. The van der Waals surface area contributed by atoms with E-state index in [4.69, 9.17) is 4.74 Å². The third kappa shape index (κ3) is 6.50. The molecule has 2 N–H and O–H groups in total. The Morgan fingerprint density at radius 2 is 2.00 bits per heavy atom. The number of carbonyl (C=O) groups is 3. The van der Waals surface area contributed by atoms with Crippen molar-refractivity contribution >= 4 is 39.5 Å². The molecule has 0 unspecified atom stereocenters. The Labute approximate surface area is 149 Å². The number of unbranched alkanes of at least 4 members (excludes halogenated alkanes) is 1. The van der Waals surface area contributed by atoms with Crippen molar-refractivity contribution in [3.05, 3.63) is 29.3 Å². The number of aryl methyl sites for hydroxylation is 1. The Hall–Kier alpha value is -2.48. The van der Waals surface area contributed by atoms with Crippen LogP contribution >= 0.6 is 11.3 Å². The lowest BCUT2D eigenvalue weighted by Gasteiger charge is -2.06. The van der Waals surface area contributed by atoms with Gasteiger partial charge in [-0.1, -0.05) is 12.1 Å². The molecule has 8 heteroatoms. The quantitative estimate of drug-likeness (QED) is 0.554. The Balaban J connectivity index is 1.60. The molecule has 2 aromatic rings. The average molecular weight is 363 g/mol. The smallest absolute Gasteiger partial charge is 0.321 e. The highest BCUT2D eigenvalue weighted by Gasteiger charge is 2.10. The highest BCUT2D eigenvalue weighted by Crippen LogP contribution is 2.22. The maximum atomic E-state index is 11.6. The first-order valence-electron chi connectivity index (χ1n) is 8.16. The number of nitrogens with zero attached hydrogens (tertiary/aromatic N) is 1. The van der Waals surface area contributed by atoms with Gasteiger partial charge in [0.25, 0.3) is 5.91 Å². The second-order valence-electron chi connectivity index (χ2n) is 5.35. The minimum atomic E-state index is -0.645. The average Bonchev–Trinajstić information content (AvgIpc) is 3.00. The summed E-state index contributed by atoms with van der Waals surface area (Å²) in [5.41, 5.74) is 1.00. The topological polar surface area (TPSA) is 97.4 Å². The van der Waals surface area contributed by atoms with E-state index in [2.05, 4.69) is 15.6 Å². The van der Waals surface area contributed by atoms with Crippen LogP contribution in [0, 0.1) is 0 Å². The van der Waals surface area contributed by atoms with Gasteiger partial charge in [0.15, 0.2) is 6.61 Å². The number of hydrogen-bond donors (Lipinski definition) is 2. The van der Waals surface area contributed by atoms with Gasteiger partial charge in [-0.05, 0) is 38.3 Å². The van der Waals surface area contributed by atoms with Crippen molar-refractivity contribution in [2.45, 2.75) is 32.6 Å². The van der Waals surface area contributed by atoms with Crippen molar-refractivity contribution in [1.82, 2.24) is 15.6 Å². The molecule has 2 rings (SSSR count). The summed E-state index contributed by atoms with van der Waals surface area (Å²) in [7, 11) is 0. The summed E-state index contributed by atoms with van der Waals surface area (Å²) < 4.78 is 6.00. The zero-order valence-electron chi connectivity index (χ0n) is 14.0. The molecule has 3 amide bonds. The third-order valence-corrected chi connectivity index (χ3v) is 4.41. The van der Waals surface area contributed by atoms with Crippen LogP contribution in [-0.4, -0.2) is 36.0 Å². The molecule has 0 saturated heterocycles. The number of benzene rings is 1. The van der Waals surface area contributed by atoms with E-state index in [9.17, 15) is 14.4 Å². The van der Waals surface area contributed by atoms with E-state index in [0.717, 1.165) is 28.1 Å². The van der Waals surface area contributed by atoms with Crippen LogP contribution < -0.4 is 10.6 Å². The number of esters is 1. The van der Waals surface area contributed by atoms with Crippen LogP contribution in [0.15, 0.2) is 24.3 Å². The van der Waals surface area contributed by atoms with Gasteiger partial charge in [-0.15, -0.1) is 11.3 Å². The molecule has 1 aromatic heterocycles. The normalized spacial score (nSPS) is 10.4. The molecule has 0 aliphatic heterocycles. The van der Waals surface area contributed by atoms with E-state index < -0.39 is 24.5 Å². The SMILES string of the molecule is CCNC(=O)NC(=O)COC(=O)CCCCc1nc2ccccc2s1. The molecule has 1 heterocycles. The van der Waals surface area contributed by atoms with E-state index in [0.29, 0.717) is 13.0 Å². The highest BCUT2D eigenvalue weighted by molar-refractivity contribution is 7.18. The van der Waals surface area contributed by atoms with Crippen LogP contribution in [0.4, 0.5) is 4.79 Å². The van der Waals surface area contributed by atoms with E-state index in [1.54, 1.807) is 18.3 Å². The zero-order valence-corrected chi connectivity index (χ0v) is 14.9. The van der Waals surface area contributed by atoms with Gasteiger partial charge in [-0.3, -0.25) is 14.9 Å². The fourth-order valence-electron chi connectivity index (χ4n) is 2.16. The first kappa shape index (κ1) is 18.9. The Morgan fingerprint density at radius 1 is 1.20 bits per heavy atom. The molecule has 0 bridgehead atoms. The largest absolute Gasteiger partial charge is 0.456 e. The van der Waals surface area contributed by atoms with Crippen LogP contribution in [0.25, 0.3) is 10.2 Å². The molecule has 0 spiro atoms. The minimum Gasteiger partial charge on any atom is -0.456 e. The van der Waals surface area contributed by atoms with Crippen molar-refractivity contribution in [1.29, 1.82) is 0 Å². The van der Waals surface area contributed by atoms with Crippen LogP contribution in [0.5, 0.6) is 0 Å². The second kappa shape index (κ2) is 9.73. The molecule has 25 heavy (non-hydrogen) atoms. The van der Waals surface area contributed by atoms with Crippen molar-refractivity contribution in [2.75, 3.05) is 13.2 Å². The van der Waals surface area contributed by atoms with E-state index in [1.165, 1.54) is 0 Å². The summed E-state index contributed by atoms with van der Waals surface area (Å²) in [4.78, 5) is 38.6. The summed E-state index contributed by atoms with van der Waals surface area (Å²) in [6.45, 7) is 1.69. The minimum absolute atomic E-state index is 0.235. The molecule has 0 aliphatic carbocycles. The molecule has 0 saturated carbocycles. The summed E-state index contributed by atoms with van der Waals surface area (Å²) >= 11 is 1.66. The summed E-state index contributed by atoms with van der Waals surface area (Å²) in [5, 5.41) is 5.53. The van der Waals surface area contributed by atoms with Gasteiger partial charge in [-0.2, -0.15) is 0 Å². The second-order valence-corrected chi connectivity index (χ2v) is 6.47. The van der Waals surface area contributed by atoms with Gasteiger partial charge in [0, 0.05) is 13.0 Å². The van der Waals surface area contributed by atoms with Gasteiger partial charge in [0.1, 0.15) is 0 Å². The number of carbonyl (C=O) groups excluding carboxylic acids is 3. The molecule has 0 aliphatic rings. The van der Waals surface area contributed by atoms with Crippen molar-refractivity contribution in [2.24, 2.45) is 0 Å². The number of rotatable bonds is 8. The van der Waals surface area contributed by atoms with Crippen LogP contribution in [0.2, 0.25) is 0 Å². The van der Waals surface area contributed by atoms with E-state index in [1.807, 2.05) is 24.3 Å². The standard InChI is InChI=1S/C17H21N3O4S/c1-2-18-17(23)20-14(21)11-24-16(22)10-6-5-9-15-19-12-7-3-4-8-13(12)25-15/h3-4,7-8H,2,5-6,9-11H2,1H3,(H2,18,20,21,23). The molecule has 0 atom stereocenters. The summed E-state index contributed by atoms with van der Waals surface area (Å²) in [6, 6.07) is 7.38. The van der Waals surface area contributed by atoms with Crippen LogP contribution in [0.3, 0.4) is 0 Å². The monoisotopic (exact) mass is 363 g/mol. The van der Waals surface area contributed by atoms with Crippen molar-refractivity contribution in [3.63, 3.8) is 0 Å². The first-order valence-corrected chi connectivity index (χ1v) is 8.98. The fraction of sp³-hybridized carbons (Fsp3) is 0.412. The molecule has 7 nitrogen and oxygen atoms in total. The number of hydrogen-bond acceptors (Lipinski definition) is 6. The van der Waals surface area contributed by atoms with Crippen molar-refractivity contribution in [3.8, 4) is 0 Å². The van der Waals surface area contributed by atoms with Gasteiger partial charge >= 0.3 is 12.0 Å². The third-order valence-electron chi connectivity index (χ3n) is 3.31. The number of amides is 3. The lowest BCUT2D eigenvalue weighted by molar-refractivity contribution is -0.148. The number of nitrogens with one attached hydrogen (secondary N) is 2. The maximum absolute atomic E-state index is 11.6. The number of thiazole rings is 1. The van der Waals surface area contributed by atoms with Gasteiger partial charge in [0.05, 0.1) is 15.2 Å². The van der Waals surface area contributed by atoms with E-state index in [-0.39, 0.29) is 6.42 Å². The Kier molecular flexibility index (Phi) is 7.34. The van der Waals surface area contributed by atoms with Gasteiger partial charge < -0.3 is 10.1 Å². The van der Waals surface area contributed by atoms with Crippen molar-refractivity contribution < 1.29 is 19.1 Å². The highest BCUT2D eigenvalue weighted by atomic mass is 32.1. The Morgan fingerprint density at radius 3 is 2.76 bits per heavy atom. The number of aromatic nitrogens is 1. The number of urea groups is 1. The number of fused-ring (bicyclic) bond motifs is 1. The summed E-state index contributed by atoms with van der Waals surface area (Å²) in [6.07, 6.45) is 2.52. The molecular formula is C17H21N3O4S. The molecule has 0 radical (unpaired) electrons. The van der Waals surface area contributed by atoms with Crippen LogP contribution in [0.1, 0.15) is 31.2 Å². The molecule has 134 valence electrons. The molecular weight excluding hydrogens is 342 g/mol. The molecule has 1 aromatic carbocycles. The van der Waals surface area contributed by atoms with Crippen LogP contribution in [-0.2, 0) is 20.7 Å². The lowest BCUT2D eigenvalue weighted by Crippen LogP contribution is -2.41. The first-order chi connectivity index (χ1) is 12.1. The number of imide groups is 1.